The Kier molecular flexibility index (Phi) is 9.20. The number of thiophene rings is 1. The third kappa shape index (κ3) is 7.28. The number of aromatic nitrogens is 1. The van der Waals surface area contributed by atoms with Crippen LogP contribution in [-0.4, -0.2) is 61.7 Å². The number of anilines is 2. The van der Waals surface area contributed by atoms with Gasteiger partial charge in [-0.15, -0.1) is 11.3 Å². The van der Waals surface area contributed by atoms with E-state index in [4.69, 9.17) is 10.1 Å². The molecule has 2 aromatic carbocycles. The highest BCUT2D eigenvalue weighted by atomic mass is 32.1. The number of nitrogens with one attached hydrogen (secondary N) is 4. The van der Waals surface area contributed by atoms with Crippen molar-refractivity contribution < 1.29 is 18.7 Å². The second kappa shape index (κ2) is 13.0. The average Bonchev–Trinajstić information content (AvgIpc) is 3.39. The number of carbonyl (C=O) groups is 2. The number of halogens is 1. The normalized spacial score (nSPS) is 11.4. The summed E-state index contributed by atoms with van der Waals surface area (Å²) in [6.07, 6.45) is 2.85. The second-order valence-corrected chi connectivity index (χ2v) is 10.1. The first-order chi connectivity index (χ1) is 19.2. The minimum atomic E-state index is -0.642. The molecule has 4 N–H and O–H groups in total. The van der Waals surface area contributed by atoms with Gasteiger partial charge in [-0.05, 0) is 68.0 Å². The molecule has 0 saturated carbocycles. The summed E-state index contributed by atoms with van der Waals surface area (Å²) in [5, 5.41) is 17.5. The van der Waals surface area contributed by atoms with Crippen molar-refractivity contribution in [2.45, 2.75) is 0 Å². The highest BCUT2D eigenvalue weighted by molar-refractivity contribution is 7.20. The van der Waals surface area contributed by atoms with Gasteiger partial charge in [0.1, 0.15) is 29.7 Å². The Morgan fingerprint density at radius 3 is 2.60 bits per heavy atom. The number of hydrogen-bond acceptors (Lipinski definition) is 8. The number of amides is 2. The number of allylic oxidation sites excluding steroid dienone is 1. The number of pyridine rings is 1. The van der Waals surface area contributed by atoms with Gasteiger partial charge in [-0.3, -0.25) is 9.59 Å². The number of likely N-dealkylation sites (N-methyl/N-ethyl adjacent to an activating group) is 2. The van der Waals surface area contributed by atoms with Gasteiger partial charge >= 0.3 is 0 Å². The number of nitrogens with zero attached hydrogens (tertiary/aromatic N) is 2. The van der Waals surface area contributed by atoms with Crippen LogP contribution in [0, 0.1) is 11.2 Å². The van der Waals surface area contributed by atoms with E-state index >= 15 is 0 Å². The molecule has 0 atom stereocenters. The van der Waals surface area contributed by atoms with Crippen molar-refractivity contribution in [3.8, 4) is 5.75 Å². The van der Waals surface area contributed by atoms with Crippen LogP contribution in [0.3, 0.4) is 0 Å². The summed E-state index contributed by atoms with van der Waals surface area (Å²) < 4.78 is 21.2. The molecule has 0 aliphatic rings. The van der Waals surface area contributed by atoms with Crippen LogP contribution in [0.5, 0.6) is 5.75 Å². The number of ether oxygens (including phenoxy) is 1. The summed E-state index contributed by atoms with van der Waals surface area (Å²) in [6, 6.07) is 16.6. The van der Waals surface area contributed by atoms with Gasteiger partial charge in [0, 0.05) is 23.9 Å². The van der Waals surface area contributed by atoms with Crippen LogP contribution >= 0.6 is 11.3 Å². The van der Waals surface area contributed by atoms with E-state index in [2.05, 4.69) is 20.9 Å². The molecule has 9 nitrogen and oxygen atoms in total. The molecule has 0 unspecified atom stereocenters. The molecule has 0 fully saturated rings. The summed E-state index contributed by atoms with van der Waals surface area (Å²) in [4.78, 5) is 32.1. The monoisotopic (exact) mass is 560 g/mol. The Morgan fingerprint density at radius 1 is 1.10 bits per heavy atom. The first kappa shape index (κ1) is 28.4. The van der Waals surface area contributed by atoms with E-state index in [9.17, 15) is 14.0 Å². The van der Waals surface area contributed by atoms with Crippen LogP contribution in [0.15, 0.2) is 78.6 Å². The number of benzene rings is 2. The van der Waals surface area contributed by atoms with E-state index in [1.165, 1.54) is 48.9 Å². The number of hydrogen-bond donors (Lipinski definition) is 4. The highest BCUT2D eigenvalue weighted by Crippen LogP contribution is 2.27. The van der Waals surface area contributed by atoms with Crippen molar-refractivity contribution in [2.75, 3.05) is 44.9 Å². The van der Waals surface area contributed by atoms with Gasteiger partial charge in [0.15, 0.2) is 0 Å². The molecule has 0 bridgehead atoms. The molecule has 0 radical (unpaired) electrons. The van der Waals surface area contributed by atoms with E-state index in [1.54, 1.807) is 18.2 Å². The maximum Gasteiger partial charge on any atom is 0.267 e. The van der Waals surface area contributed by atoms with Crippen molar-refractivity contribution in [3.05, 3.63) is 94.9 Å². The lowest BCUT2D eigenvalue weighted by Gasteiger charge is -2.13. The second-order valence-electron chi connectivity index (χ2n) is 9.00. The van der Waals surface area contributed by atoms with Crippen molar-refractivity contribution in [1.29, 1.82) is 5.41 Å². The molecule has 40 heavy (non-hydrogen) atoms. The smallest absolute Gasteiger partial charge is 0.267 e. The number of rotatable bonds is 11. The van der Waals surface area contributed by atoms with Crippen LogP contribution in [0.1, 0.15) is 15.2 Å². The van der Waals surface area contributed by atoms with Crippen molar-refractivity contribution >= 4 is 50.5 Å². The number of fused-ring (bicyclic) bond motifs is 1. The van der Waals surface area contributed by atoms with Gasteiger partial charge in [-0.1, -0.05) is 18.2 Å². The summed E-state index contributed by atoms with van der Waals surface area (Å²) >= 11 is 1.31. The standard InChI is InChI=1S/C29H29FN6O3S/c1-32-28(37)24(34-27-11-9-20(17-33-27)39-13-12-36(2)3)16-22(31)18-8-10-21(30)23(14-18)35-29(38)26-15-19-6-4-5-7-25(19)40-26/h4-11,14-17,31H,12-13H2,1-3H3,(H,32,37)(H,33,34)(H,35,38)/b24-16+,31-22?. The Balaban J connectivity index is 1.49. The van der Waals surface area contributed by atoms with Gasteiger partial charge < -0.3 is 31.0 Å². The zero-order chi connectivity index (χ0) is 28.6. The third-order valence-electron chi connectivity index (χ3n) is 5.74. The molecule has 0 aliphatic heterocycles. The molecule has 0 saturated heterocycles. The molecule has 4 aromatic rings. The first-order valence-corrected chi connectivity index (χ1v) is 13.2. The molecule has 2 amide bonds. The Morgan fingerprint density at radius 2 is 1.90 bits per heavy atom. The van der Waals surface area contributed by atoms with Crippen molar-refractivity contribution in [2.24, 2.45) is 0 Å². The van der Waals surface area contributed by atoms with Gasteiger partial charge in [-0.2, -0.15) is 0 Å². The lowest BCUT2D eigenvalue weighted by molar-refractivity contribution is -0.116. The summed E-state index contributed by atoms with van der Waals surface area (Å²) in [5.41, 5.74) is 0.210. The molecule has 206 valence electrons. The fourth-order valence-electron chi connectivity index (χ4n) is 3.61. The fourth-order valence-corrected chi connectivity index (χ4v) is 4.57. The van der Waals surface area contributed by atoms with Crippen LogP contribution in [0.25, 0.3) is 10.1 Å². The molecule has 2 heterocycles. The summed E-state index contributed by atoms with van der Waals surface area (Å²) in [7, 11) is 5.37. The predicted molar refractivity (Wildman–Crippen MR) is 157 cm³/mol. The van der Waals surface area contributed by atoms with Crippen LogP contribution in [0.2, 0.25) is 0 Å². The lowest BCUT2D eigenvalue weighted by atomic mass is 10.1. The molecule has 0 spiro atoms. The maximum absolute atomic E-state index is 14.6. The third-order valence-corrected chi connectivity index (χ3v) is 6.86. The minimum Gasteiger partial charge on any atom is -0.491 e. The van der Waals surface area contributed by atoms with E-state index in [0.29, 0.717) is 28.6 Å². The Labute approximate surface area is 235 Å². The number of carbonyl (C=O) groups excluding carboxylic acids is 2. The minimum absolute atomic E-state index is 0.0569. The Bertz CT molecular complexity index is 1530. The topological polar surface area (TPSA) is 119 Å². The zero-order valence-corrected chi connectivity index (χ0v) is 23.1. The lowest BCUT2D eigenvalue weighted by Crippen LogP contribution is -2.25. The van der Waals surface area contributed by atoms with E-state index in [0.717, 1.165) is 16.6 Å². The van der Waals surface area contributed by atoms with E-state index in [1.807, 2.05) is 43.3 Å². The highest BCUT2D eigenvalue weighted by Gasteiger charge is 2.15. The Hall–Kier alpha value is -4.61. The molecular formula is C29H29FN6O3S. The average molecular weight is 561 g/mol. The molecule has 11 heteroatoms. The molecule has 4 rings (SSSR count). The quantitative estimate of drug-likeness (QED) is 0.155. The van der Waals surface area contributed by atoms with Crippen molar-refractivity contribution in [3.63, 3.8) is 0 Å². The van der Waals surface area contributed by atoms with Gasteiger partial charge in [-0.25, -0.2) is 9.37 Å². The SMILES string of the molecule is CNC(=O)/C(=C\C(=N)c1ccc(F)c(NC(=O)c2cc3ccccc3s2)c1)Nc1ccc(OCCN(C)C)cn1. The summed E-state index contributed by atoms with van der Waals surface area (Å²) in [6.45, 7) is 1.26. The maximum atomic E-state index is 14.6. The van der Waals surface area contributed by atoms with Gasteiger partial charge in [0.25, 0.3) is 11.8 Å². The zero-order valence-electron chi connectivity index (χ0n) is 22.2. The fraction of sp³-hybridized carbons (Fsp3) is 0.172. The van der Waals surface area contributed by atoms with E-state index < -0.39 is 17.6 Å². The molecule has 0 aliphatic carbocycles. The summed E-state index contributed by atoms with van der Waals surface area (Å²) in [5.74, 6) is -0.609. The predicted octanol–water partition coefficient (Wildman–Crippen LogP) is 4.74. The molecule has 2 aromatic heterocycles. The largest absolute Gasteiger partial charge is 0.491 e. The molecular weight excluding hydrogens is 531 g/mol. The van der Waals surface area contributed by atoms with Crippen LogP contribution in [0.4, 0.5) is 15.9 Å². The van der Waals surface area contributed by atoms with Crippen molar-refractivity contribution in [1.82, 2.24) is 15.2 Å². The first-order valence-electron chi connectivity index (χ1n) is 12.4. The van der Waals surface area contributed by atoms with Crippen LogP contribution < -0.4 is 20.7 Å². The van der Waals surface area contributed by atoms with Crippen LogP contribution in [-0.2, 0) is 4.79 Å². The van der Waals surface area contributed by atoms with Gasteiger partial charge in [0.2, 0.25) is 0 Å². The van der Waals surface area contributed by atoms with Gasteiger partial charge in [0.05, 0.1) is 22.5 Å². The van der Waals surface area contributed by atoms with E-state index in [-0.39, 0.29) is 17.1 Å².